The molecule has 1 aliphatic heterocycles. The number of halogens is 4. The lowest BCUT2D eigenvalue weighted by atomic mass is 10.1. The Hall–Kier alpha value is -2.06. The van der Waals surface area contributed by atoms with Gasteiger partial charge in [-0.15, -0.1) is 0 Å². The van der Waals surface area contributed by atoms with Crippen molar-refractivity contribution in [1.29, 1.82) is 0 Å². The Bertz CT molecular complexity index is 943. The van der Waals surface area contributed by atoms with Gasteiger partial charge in [-0.3, -0.25) is 0 Å². The van der Waals surface area contributed by atoms with Crippen LogP contribution < -0.4 is 4.74 Å². The van der Waals surface area contributed by atoms with Gasteiger partial charge in [0.15, 0.2) is 14.7 Å². The van der Waals surface area contributed by atoms with Crippen LogP contribution in [0.3, 0.4) is 0 Å². The monoisotopic (exact) mass is 438 g/mol. The fourth-order valence-electron chi connectivity index (χ4n) is 3.06. The lowest BCUT2D eigenvalue weighted by molar-refractivity contribution is 0.368. The molecule has 0 unspecified atom stereocenters. The zero-order chi connectivity index (χ0) is 21.0. The molecule has 4 rings (SSSR count). The summed E-state index contributed by atoms with van der Waals surface area (Å²) < 4.78 is 44.5. The number of fused-ring (bicyclic) bond motifs is 2. The molecule has 1 nitrogen and oxygen atoms in total. The van der Waals surface area contributed by atoms with Gasteiger partial charge in [-0.25, -0.2) is 0 Å². The highest BCUT2D eigenvalue weighted by atomic mass is 32.2. The zero-order valence-electron chi connectivity index (χ0n) is 15.9. The molecule has 0 saturated heterocycles. The lowest BCUT2D eigenvalue weighted by Gasteiger charge is -2.19. The van der Waals surface area contributed by atoms with Gasteiger partial charge in [0.05, 0.1) is 16.9 Å². The van der Waals surface area contributed by atoms with E-state index >= 15 is 0 Å². The van der Waals surface area contributed by atoms with Crippen LogP contribution in [0.5, 0.6) is 5.75 Å². The average molecular weight is 438 g/mol. The number of hydrogen-bond donors (Lipinski definition) is 0. The molecule has 0 aliphatic carbocycles. The van der Waals surface area contributed by atoms with Crippen molar-refractivity contribution in [3.05, 3.63) is 72.3 Å². The molecule has 0 amide bonds. The van der Waals surface area contributed by atoms with E-state index in [9.17, 15) is 17.3 Å². The summed E-state index contributed by atoms with van der Waals surface area (Å²) in [5, 5.41) is 0. The molecule has 1 heterocycles. The summed E-state index contributed by atoms with van der Waals surface area (Å²) in [5.41, 5.74) is 1.27. The largest absolute Gasteiger partial charge is 0.673 e. The van der Waals surface area contributed by atoms with Crippen LogP contribution in [0.15, 0.2) is 91.2 Å². The second kappa shape index (κ2) is 9.18. The number of methoxy groups -OCH3 is 1. The molecule has 0 fully saturated rings. The highest BCUT2D eigenvalue weighted by Gasteiger charge is 2.38. The summed E-state index contributed by atoms with van der Waals surface area (Å²) in [6, 6.07) is 24.3. The fraction of sp³-hybridized carbons (Fsp3) is 0.143. The number of hydrogen-bond acceptors (Lipinski definition) is 2. The molecule has 0 bridgehead atoms. The Morgan fingerprint density at radius 1 is 0.862 bits per heavy atom. The van der Waals surface area contributed by atoms with Crippen LogP contribution in [-0.2, 0) is 17.3 Å². The highest BCUT2D eigenvalue weighted by Crippen LogP contribution is 2.48. The van der Waals surface area contributed by atoms with Gasteiger partial charge in [0.2, 0.25) is 0 Å². The average Bonchev–Trinajstić information content (AvgIpc) is 2.70. The van der Waals surface area contributed by atoms with Crippen molar-refractivity contribution in [2.45, 2.75) is 37.8 Å². The molecular weight excluding hydrogens is 419 g/mol. The second-order valence-electron chi connectivity index (χ2n) is 6.12. The van der Waals surface area contributed by atoms with E-state index in [1.165, 1.54) is 30.0 Å². The molecular formula is C21H19BF4OS2. The van der Waals surface area contributed by atoms with Crippen LogP contribution in [0.25, 0.3) is 0 Å². The van der Waals surface area contributed by atoms with E-state index in [0.717, 1.165) is 12.2 Å². The van der Waals surface area contributed by atoms with Gasteiger partial charge in [-0.05, 0) is 48.4 Å². The zero-order valence-corrected chi connectivity index (χ0v) is 17.5. The third-order valence-electron chi connectivity index (χ3n) is 4.23. The summed E-state index contributed by atoms with van der Waals surface area (Å²) in [6.45, 7) is 2.18. The Kier molecular flexibility index (Phi) is 6.85. The van der Waals surface area contributed by atoms with Crippen molar-refractivity contribution >= 4 is 29.9 Å². The maximum absolute atomic E-state index is 9.75. The van der Waals surface area contributed by atoms with Gasteiger partial charge in [-0.2, -0.15) is 0 Å². The summed E-state index contributed by atoms with van der Waals surface area (Å²) in [7, 11) is -4.31. The Labute approximate surface area is 174 Å². The van der Waals surface area contributed by atoms with Gasteiger partial charge in [-0.1, -0.05) is 43.0 Å². The molecule has 0 saturated carbocycles. The molecule has 152 valence electrons. The molecule has 0 radical (unpaired) electrons. The predicted molar refractivity (Wildman–Crippen MR) is 112 cm³/mol. The molecule has 0 atom stereocenters. The van der Waals surface area contributed by atoms with E-state index in [1.807, 2.05) is 11.8 Å². The van der Waals surface area contributed by atoms with Crippen molar-refractivity contribution in [2.75, 3.05) is 7.11 Å². The highest BCUT2D eigenvalue weighted by molar-refractivity contribution is 8.04. The smallest absolute Gasteiger partial charge is 0.496 e. The first-order valence-corrected chi connectivity index (χ1v) is 11.0. The summed E-state index contributed by atoms with van der Waals surface area (Å²) >= 11 is 1.88. The van der Waals surface area contributed by atoms with E-state index in [-0.39, 0.29) is 10.9 Å². The number of ether oxygens (including phenoxy) is 1. The minimum absolute atomic E-state index is 0.0564. The standard InChI is InChI=1S/C21H19OS2.BF4/c1-3-15-14-16(12-13-17(15)22-2)24-20-10-6-4-8-18(20)23-19-9-5-7-11-21(19)24;2-1(3,4)5/h4-14H,3H2,1-2H3;/q+1;-1. The number of rotatable bonds is 3. The lowest BCUT2D eigenvalue weighted by Crippen LogP contribution is -2.11. The van der Waals surface area contributed by atoms with Crippen LogP contribution in [0, 0.1) is 0 Å². The quantitative estimate of drug-likeness (QED) is 0.191. The first-order chi connectivity index (χ1) is 13.8. The number of benzene rings is 3. The third-order valence-corrected chi connectivity index (χ3v) is 7.95. The third kappa shape index (κ3) is 5.31. The van der Waals surface area contributed by atoms with Gasteiger partial charge < -0.3 is 22.0 Å². The van der Waals surface area contributed by atoms with E-state index in [0.29, 0.717) is 0 Å². The van der Waals surface area contributed by atoms with Crippen LogP contribution in [0.4, 0.5) is 17.3 Å². The van der Waals surface area contributed by atoms with Crippen LogP contribution in [-0.4, -0.2) is 14.4 Å². The maximum atomic E-state index is 9.75. The van der Waals surface area contributed by atoms with Crippen molar-refractivity contribution < 1.29 is 22.0 Å². The topological polar surface area (TPSA) is 9.23 Å². The molecule has 0 aromatic heterocycles. The molecule has 0 spiro atoms. The van der Waals surface area contributed by atoms with Crippen molar-refractivity contribution in [3.8, 4) is 5.75 Å². The Balaban J connectivity index is 0.000000431. The minimum atomic E-state index is -6.00. The SMILES string of the molecule is CCc1cc([S+]2c3ccccc3Sc3ccccc32)ccc1OC.F[B-](F)(F)F. The summed E-state index contributed by atoms with van der Waals surface area (Å²) in [6.07, 6.45) is 0.978. The summed E-state index contributed by atoms with van der Waals surface area (Å²) in [5.74, 6) is 0.984. The van der Waals surface area contributed by atoms with E-state index in [2.05, 4.69) is 73.7 Å². The van der Waals surface area contributed by atoms with Gasteiger partial charge in [0.25, 0.3) is 0 Å². The number of aryl methyl sites for hydroxylation is 1. The van der Waals surface area contributed by atoms with Crippen LogP contribution in [0.1, 0.15) is 12.5 Å². The fourth-order valence-corrected chi connectivity index (χ4v) is 6.85. The Morgan fingerprint density at radius 2 is 1.38 bits per heavy atom. The first-order valence-electron chi connectivity index (χ1n) is 8.96. The van der Waals surface area contributed by atoms with Gasteiger partial charge in [0, 0.05) is 6.07 Å². The normalized spacial score (nSPS) is 13.0. The van der Waals surface area contributed by atoms with Crippen molar-refractivity contribution in [3.63, 3.8) is 0 Å². The van der Waals surface area contributed by atoms with E-state index < -0.39 is 7.25 Å². The van der Waals surface area contributed by atoms with Crippen molar-refractivity contribution in [2.24, 2.45) is 0 Å². The van der Waals surface area contributed by atoms with Crippen LogP contribution >= 0.6 is 11.8 Å². The first kappa shape index (κ1) is 21.6. The van der Waals surface area contributed by atoms with Gasteiger partial charge >= 0.3 is 7.25 Å². The van der Waals surface area contributed by atoms with Crippen molar-refractivity contribution in [1.82, 2.24) is 0 Å². The Morgan fingerprint density at radius 3 is 1.86 bits per heavy atom. The second-order valence-corrected chi connectivity index (χ2v) is 9.17. The van der Waals surface area contributed by atoms with E-state index in [4.69, 9.17) is 4.74 Å². The maximum Gasteiger partial charge on any atom is 0.673 e. The molecule has 0 N–H and O–H groups in total. The minimum Gasteiger partial charge on any atom is -0.496 e. The van der Waals surface area contributed by atoms with E-state index in [1.54, 1.807) is 7.11 Å². The molecule has 3 aromatic carbocycles. The van der Waals surface area contributed by atoms with Crippen LogP contribution in [0.2, 0.25) is 0 Å². The molecule has 8 heteroatoms. The predicted octanol–water partition coefficient (Wildman–Crippen LogP) is 7.12. The molecule has 1 aliphatic rings. The molecule has 3 aromatic rings. The summed E-state index contributed by atoms with van der Waals surface area (Å²) in [4.78, 5) is 6.96. The van der Waals surface area contributed by atoms with Gasteiger partial charge in [0.1, 0.15) is 16.6 Å². The molecule has 29 heavy (non-hydrogen) atoms.